The van der Waals surface area contributed by atoms with Gasteiger partial charge in [-0.2, -0.15) is 0 Å². The van der Waals surface area contributed by atoms with Crippen LogP contribution in [0.2, 0.25) is 5.02 Å². The molecule has 0 unspecified atom stereocenters. The fraction of sp³-hybridized carbons (Fsp3) is 0.235. The first-order chi connectivity index (χ1) is 9.99. The van der Waals surface area contributed by atoms with Crippen LogP contribution in [0.15, 0.2) is 36.4 Å². The Morgan fingerprint density at radius 1 is 1.19 bits per heavy atom. The van der Waals surface area contributed by atoms with E-state index in [0.29, 0.717) is 0 Å². The normalized spacial score (nSPS) is 11.5. The van der Waals surface area contributed by atoms with Crippen molar-refractivity contribution in [3.8, 4) is 11.4 Å². The zero-order valence-electron chi connectivity index (χ0n) is 12.4. The van der Waals surface area contributed by atoms with Crippen LogP contribution in [-0.4, -0.2) is 9.55 Å². The van der Waals surface area contributed by atoms with Crippen molar-refractivity contribution in [2.45, 2.75) is 26.8 Å². The molecule has 0 amide bonds. The van der Waals surface area contributed by atoms with Gasteiger partial charge in [0.25, 0.3) is 0 Å². The molecule has 0 spiro atoms. The highest BCUT2D eigenvalue weighted by molar-refractivity contribution is 6.35. The number of aryl methyl sites for hydroxylation is 1. The molecule has 3 rings (SSSR count). The Balaban J connectivity index is 2.40. The summed E-state index contributed by atoms with van der Waals surface area (Å²) in [5, 5.41) is 0.724. The molecular weight excluding hydrogens is 282 g/mol. The summed E-state index contributed by atoms with van der Waals surface area (Å²) >= 11 is 6.39. The number of rotatable bonds is 2. The number of benzene rings is 2. The highest BCUT2D eigenvalue weighted by Crippen LogP contribution is 2.34. The monoisotopic (exact) mass is 299 g/mol. The molecule has 1 aromatic heterocycles. The molecule has 0 fully saturated rings. The Hall–Kier alpha value is -2.00. The number of aromatic nitrogens is 2. The molecule has 3 aromatic rings. The molecule has 2 aromatic carbocycles. The zero-order chi connectivity index (χ0) is 15.1. The number of nitrogens with two attached hydrogens (primary N) is 1. The lowest BCUT2D eigenvalue weighted by molar-refractivity contribution is 0.624. The summed E-state index contributed by atoms with van der Waals surface area (Å²) in [5.74, 6) is 0.915. The fourth-order valence-corrected chi connectivity index (χ4v) is 2.94. The van der Waals surface area contributed by atoms with E-state index >= 15 is 0 Å². The van der Waals surface area contributed by atoms with Crippen molar-refractivity contribution in [2.75, 3.05) is 5.73 Å². The molecular formula is C17H18ClN3. The van der Waals surface area contributed by atoms with E-state index in [0.717, 1.165) is 38.7 Å². The van der Waals surface area contributed by atoms with E-state index in [2.05, 4.69) is 25.3 Å². The quantitative estimate of drug-likeness (QED) is 0.689. The zero-order valence-corrected chi connectivity index (χ0v) is 13.1. The van der Waals surface area contributed by atoms with Crippen molar-refractivity contribution in [3.63, 3.8) is 0 Å². The van der Waals surface area contributed by atoms with Gasteiger partial charge in [-0.05, 0) is 50.6 Å². The predicted molar refractivity (Wildman–Crippen MR) is 89.7 cm³/mol. The number of halogens is 1. The maximum absolute atomic E-state index is 6.39. The van der Waals surface area contributed by atoms with Crippen LogP contribution in [0, 0.1) is 6.92 Å². The number of anilines is 1. The molecule has 0 atom stereocenters. The van der Waals surface area contributed by atoms with Crippen molar-refractivity contribution in [2.24, 2.45) is 0 Å². The highest BCUT2D eigenvalue weighted by atomic mass is 35.5. The summed E-state index contributed by atoms with van der Waals surface area (Å²) < 4.78 is 2.18. The summed E-state index contributed by atoms with van der Waals surface area (Å²) in [7, 11) is 0. The number of nitrogens with zero attached hydrogens (tertiary/aromatic N) is 2. The Morgan fingerprint density at radius 2 is 1.95 bits per heavy atom. The van der Waals surface area contributed by atoms with Gasteiger partial charge >= 0.3 is 0 Å². The second-order valence-electron chi connectivity index (χ2n) is 5.58. The van der Waals surface area contributed by atoms with Gasteiger partial charge in [-0.15, -0.1) is 0 Å². The molecule has 0 bridgehead atoms. The van der Waals surface area contributed by atoms with Gasteiger partial charge in [0.15, 0.2) is 0 Å². The van der Waals surface area contributed by atoms with Crippen molar-refractivity contribution >= 4 is 28.3 Å². The van der Waals surface area contributed by atoms with Gasteiger partial charge in [0.2, 0.25) is 0 Å². The lowest BCUT2D eigenvalue weighted by Gasteiger charge is -2.15. The van der Waals surface area contributed by atoms with E-state index in [-0.39, 0.29) is 6.04 Å². The molecule has 0 aliphatic rings. The van der Waals surface area contributed by atoms with Crippen LogP contribution in [0.5, 0.6) is 0 Å². The van der Waals surface area contributed by atoms with E-state index in [1.807, 2.05) is 36.4 Å². The summed E-state index contributed by atoms with van der Waals surface area (Å²) in [6.07, 6.45) is 0. The number of imidazole rings is 1. The summed E-state index contributed by atoms with van der Waals surface area (Å²) in [6.45, 7) is 6.34. The molecule has 4 heteroatoms. The SMILES string of the molecule is Cc1ccc(N)cc1-c1nc2cccc(Cl)c2n1C(C)C. The average molecular weight is 300 g/mol. The summed E-state index contributed by atoms with van der Waals surface area (Å²) in [5.41, 5.74) is 10.8. The van der Waals surface area contributed by atoms with Crippen LogP contribution in [0.3, 0.4) is 0 Å². The van der Waals surface area contributed by atoms with Gasteiger partial charge < -0.3 is 10.3 Å². The highest BCUT2D eigenvalue weighted by Gasteiger charge is 2.18. The van der Waals surface area contributed by atoms with Gasteiger partial charge in [-0.25, -0.2) is 4.98 Å². The van der Waals surface area contributed by atoms with Crippen molar-refractivity contribution < 1.29 is 0 Å². The molecule has 0 saturated heterocycles. The third-order valence-corrected chi connectivity index (χ3v) is 3.98. The van der Waals surface area contributed by atoms with Crippen LogP contribution in [0.1, 0.15) is 25.5 Å². The fourth-order valence-electron chi connectivity index (χ4n) is 2.68. The smallest absolute Gasteiger partial charge is 0.141 e. The maximum atomic E-state index is 6.39. The second-order valence-corrected chi connectivity index (χ2v) is 5.99. The van der Waals surface area contributed by atoms with E-state index in [4.69, 9.17) is 22.3 Å². The first kappa shape index (κ1) is 14.0. The minimum atomic E-state index is 0.255. The second kappa shape index (κ2) is 5.08. The molecule has 21 heavy (non-hydrogen) atoms. The molecule has 2 N–H and O–H groups in total. The Bertz CT molecular complexity index is 818. The number of fused-ring (bicyclic) bond motifs is 1. The van der Waals surface area contributed by atoms with E-state index < -0.39 is 0 Å². The van der Waals surface area contributed by atoms with Crippen molar-refractivity contribution in [1.82, 2.24) is 9.55 Å². The van der Waals surface area contributed by atoms with Crippen LogP contribution in [-0.2, 0) is 0 Å². The molecule has 0 radical (unpaired) electrons. The van der Waals surface area contributed by atoms with Crippen LogP contribution in [0.4, 0.5) is 5.69 Å². The number of hydrogen-bond acceptors (Lipinski definition) is 2. The third-order valence-electron chi connectivity index (χ3n) is 3.68. The Labute approximate surface area is 129 Å². The molecule has 0 aliphatic heterocycles. The summed E-state index contributed by atoms with van der Waals surface area (Å²) in [6, 6.07) is 12.0. The molecule has 108 valence electrons. The minimum absolute atomic E-state index is 0.255. The topological polar surface area (TPSA) is 43.8 Å². The van der Waals surface area contributed by atoms with Crippen molar-refractivity contribution in [3.05, 3.63) is 47.0 Å². The Morgan fingerprint density at radius 3 is 2.67 bits per heavy atom. The first-order valence-corrected chi connectivity index (χ1v) is 7.39. The number of hydrogen-bond donors (Lipinski definition) is 1. The molecule has 1 heterocycles. The van der Waals surface area contributed by atoms with Gasteiger partial charge in [-0.3, -0.25) is 0 Å². The minimum Gasteiger partial charge on any atom is -0.399 e. The van der Waals surface area contributed by atoms with Gasteiger partial charge in [0.05, 0.1) is 16.1 Å². The molecule has 0 saturated carbocycles. The van der Waals surface area contributed by atoms with E-state index in [1.165, 1.54) is 0 Å². The Kier molecular flexibility index (Phi) is 3.38. The molecule has 3 nitrogen and oxygen atoms in total. The first-order valence-electron chi connectivity index (χ1n) is 7.02. The van der Waals surface area contributed by atoms with Gasteiger partial charge in [0.1, 0.15) is 5.82 Å². The largest absolute Gasteiger partial charge is 0.399 e. The van der Waals surface area contributed by atoms with E-state index in [9.17, 15) is 0 Å². The number of nitrogen functional groups attached to an aromatic ring is 1. The third kappa shape index (κ3) is 2.28. The lowest BCUT2D eigenvalue weighted by Crippen LogP contribution is -2.04. The van der Waals surface area contributed by atoms with Gasteiger partial charge in [-0.1, -0.05) is 23.7 Å². The average Bonchev–Trinajstić information content (AvgIpc) is 2.82. The predicted octanol–water partition coefficient (Wildman–Crippen LogP) is 4.83. The van der Waals surface area contributed by atoms with Crippen molar-refractivity contribution in [1.29, 1.82) is 0 Å². The standard InChI is InChI=1S/C17H18ClN3/c1-10(2)21-16-14(18)5-4-6-15(16)20-17(21)13-9-12(19)8-7-11(13)3/h4-10H,19H2,1-3H3. The lowest BCUT2D eigenvalue weighted by atomic mass is 10.1. The van der Waals surface area contributed by atoms with Gasteiger partial charge in [0, 0.05) is 17.3 Å². The number of para-hydroxylation sites is 1. The maximum Gasteiger partial charge on any atom is 0.141 e. The summed E-state index contributed by atoms with van der Waals surface area (Å²) in [4.78, 5) is 4.79. The van der Waals surface area contributed by atoms with Crippen LogP contribution < -0.4 is 5.73 Å². The van der Waals surface area contributed by atoms with E-state index in [1.54, 1.807) is 0 Å². The van der Waals surface area contributed by atoms with Crippen LogP contribution in [0.25, 0.3) is 22.4 Å². The van der Waals surface area contributed by atoms with Crippen LogP contribution >= 0.6 is 11.6 Å². The molecule has 0 aliphatic carbocycles.